The summed E-state index contributed by atoms with van der Waals surface area (Å²) >= 11 is 0. The van der Waals surface area contributed by atoms with Gasteiger partial charge >= 0.3 is 5.97 Å². The van der Waals surface area contributed by atoms with Gasteiger partial charge in [-0.3, -0.25) is 10.2 Å². The number of phenols is 2. The lowest BCUT2D eigenvalue weighted by Crippen LogP contribution is -2.29. The predicted octanol–water partition coefficient (Wildman–Crippen LogP) is 2.10. The number of amidine groups is 2. The number of sulfonamides is 1. The molecule has 0 atom stereocenters. The molecule has 0 fully saturated rings. The van der Waals surface area contributed by atoms with Gasteiger partial charge in [-0.2, -0.15) is 0 Å². The highest BCUT2D eigenvalue weighted by Gasteiger charge is 2.32. The normalized spacial score (nSPS) is 12.4. The summed E-state index contributed by atoms with van der Waals surface area (Å²) in [7, 11) is -4.15. The number of nitrogen functional groups attached to an aromatic ring is 1. The first kappa shape index (κ1) is 26.2. The molecule has 3 aromatic rings. The molecular weight excluding hydrogens is 486 g/mol. The molecular formula is C24H25N5O6S. The molecule has 0 aliphatic rings. The van der Waals surface area contributed by atoms with Crippen LogP contribution in [0.1, 0.15) is 30.5 Å². The number of primary sulfonamides is 1. The summed E-state index contributed by atoms with van der Waals surface area (Å²) < 4.78 is 23.7. The molecule has 3 aromatic carbocycles. The number of carboxylic acid groups (broad SMARTS) is 1. The Morgan fingerprint density at radius 1 is 0.972 bits per heavy atom. The average Bonchev–Trinajstić information content (AvgIpc) is 2.79. The first-order chi connectivity index (χ1) is 16.6. The van der Waals surface area contributed by atoms with Gasteiger partial charge in [0, 0.05) is 16.7 Å². The van der Waals surface area contributed by atoms with E-state index in [9.17, 15) is 28.5 Å². The molecule has 11 nitrogen and oxygen atoms in total. The highest BCUT2D eigenvalue weighted by molar-refractivity contribution is 7.89. The predicted molar refractivity (Wildman–Crippen MR) is 135 cm³/mol. The quantitative estimate of drug-likeness (QED) is 0.183. The zero-order valence-electron chi connectivity index (χ0n) is 19.4. The van der Waals surface area contributed by atoms with Crippen LogP contribution in [0.4, 0.5) is 5.69 Å². The summed E-state index contributed by atoms with van der Waals surface area (Å²) in [6.07, 6.45) is 0. The van der Waals surface area contributed by atoms with Gasteiger partial charge in [0.1, 0.15) is 23.2 Å². The summed E-state index contributed by atoms with van der Waals surface area (Å²) in [6.45, 7) is 2.87. The number of aliphatic carboxylic acids is 1. The Morgan fingerprint density at radius 2 is 1.58 bits per heavy atom. The zero-order valence-corrected chi connectivity index (χ0v) is 20.2. The molecule has 0 aliphatic heterocycles. The summed E-state index contributed by atoms with van der Waals surface area (Å²) in [5.41, 5.74) is 11.0. The van der Waals surface area contributed by atoms with Crippen molar-refractivity contribution in [3.63, 3.8) is 0 Å². The second-order valence-electron chi connectivity index (χ2n) is 8.53. The van der Waals surface area contributed by atoms with E-state index in [4.69, 9.17) is 22.0 Å². The van der Waals surface area contributed by atoms with Crippen LogP contribution in [-0.2, 0) is 20.2 Å². The summed E-state index contributed by atoms with van der Waals surface area (Å²) in [4.78, 5) is 15.9. The molecule has 0 aliphatic carbocycles. The van der Waals surface area contributed by atoms with Gasteiger partial charge in [0.05, 0.1) is 21.6 Å². The number of carbonyl (C=O) groups is 1. The van der Waals surface area contributed by atoms with Gasteiger partial charge < -0.3 is 26.8 Å². The standard InChI is InChI=1S/C24H25N5O6S/c1-24(2,23(32)33)13-9-17(16-11-15(36(28,34)35)7-8-19(16)30)20(31)18(10-13)22(27)29-14-5-3-12(4-6-14)21(25)26/h3-11,30-31H,1-2H3,(H3,25,26)(H2,27,29)(H,32,33)(H2,28,34,35). The Bertz CT molecular complexity index is 1510. The van der Waals surface area contributed by atoms with Crippen molar-refractivity contribution in [3.8, 4) is 22.6 Å². The van der Waals surface area contributed by atoms with Gasteiger partial charge in [-0.25, -0.2) is 18.5 Å². The highest BCUT2D eigenvalue weighted by Crippen LogP contribution is 2.41. The van der Waals surface area contributed by atoms with E-state index in [-0.39, 0.29) is 44.6 Å². The number of nitrogens with one attached hydrogen (secondary N) is 1. The fraction of sp³-hybridized carbons (Fsp3) is 0.125. The molecule has 0 saturated carbocycles. The van der Waals surface area contributed by atoms with Crippen LogP contribution < -0.4 is 16.6 Å². The Hall–Kier alpha value is -4.42. The second-order valence-corrected chi connectivity index (χ2v) is 10.1. The second kappa shape index (κ2) is 9.32. The van der Waals surface area contributed by atoms with Crippen molar-refractivity contribution in [2.24, 2.45) is 21.6 Å². The first-order valence-corrected chi connectivity index (χ1v) is 11.9. The van der Waals surface area contributed by atoms with Crippen molar-refractivity contribution in [1.29, 1.82) is 5.41 Å². The molecule has 3 rings (SSSR count). The number of nitrogens with zero attached hydrogens (tertiary/aromatic N) is 1. The fourth-order valence-electron chi connectivity index (χ4n) is 3.34. The fourth-order valence-corrected chi connectivity index (χ4v) is 3.88. The average molecular weight is 512 g/mol. The van der Waals surface area contributed by atoms with Crippen LogP contribution in [0.2, 0.25) is 0 Å². The molecule has 0 spiro atoms. The number of hydrogen-bond acceptors (Lipinski definition) is 7. The summed E-state index contributed by atoms with van der Waals surface area (Å²) in [5, 5.41) is 44.0. The lowest BCUT2D eigenvalue weighted by Gasteiger charge is -2.23. The van der Waals surface area contributed by atoms with Crippen molar-refractivity contribution in [3.05, 3.63) is 71.3 Å². The van der Waals surface area contributed by atoms with Gasteiger partial charge in [-0.05, 0) is 74.0 Å². The van der Waals surface area contributed by atoms with Gasteiger partial charge in [0.15, 0.2) is 0 Å². The van der Waals surface area contributed by atoms with Crippen LogP contribution in [0.25, 0.3) is 11.1 Å². The maximum absolute atomic E-state index is 12.0. The molecule has 0 aromatic heterocycles. The van der Waals surface area contributed by atoms with E-state index in [1.54, 1.807) is 24.3 Å². The van der Waals surface area contributed by atoms with Gasteiger partial charge in [-0.15, -0.1) is 0 Å². The van der Waals surface area contributed by atoms with Crippen molar-refractivity contribution in [2.75, 3.05) is 0 Å². The minimum Gasteiger partial charge on any atom is -0.507 e. The summed E-state index contributed by atoms with van der Waals surface area (Å²) in [6, 6.07) is 12.1. The SMILES string of the molecule is CC(C)(C(=O)O)c1cc(C(N)=Nc2ccc(C(=N)N)cc2)c(O)c(-c2cc(S(N)(=O)=O)ccc2O)c1. The number of rotatable bonds is 7. The Morgan fingerprint density at radius 3 is 2.11 bits per heavy atom. The molecule has 0 unspecified atom stereocenters. The molecule has 10 N–H and O–H groups in total. The largest absolute Gasteiger partial charge is 0.507 e. The third-order valence-corrected chi connectivity index (χ3v) is 6.57. The Balaban J connectivity index is 2.30. The summed E-state index contributed by atoms with van der Waals surface area (Å²) in [5.74, 6) is -2.35. The highest BCUT2D eigenvalue weighted by atomic mass is 32.2. The van der Waals surface area contributed by atoms with Gasteiger partial charge in [0.2, 0.25) is 10.0 Å². The van der Waals surface area contributed by atoms with Crippen LogP contribution >= 0.6 is 0 Å². The molecule has 36 heavy (non-hydrogen) atoms. The monoisotopic (exact) mass is 511 g/mol. The van der Waals surface area contributed by atoms with Crippen LogP contribution in [0.3, 0.4) is 0 Å². The number of carboxylic acids is 1. The first-order valence-electron chi connectivity index (χ1n) is 10.4. The molecule has 0 saturated heterocycles. The van der Waals surface area contributed by atoms with E-state index >= 15 is 0 Å². The van der Waals surface area contributed by atoms with Crippen LogP contribution in [0, 0.1) is 5.41 Å². The Kier molecular flexibility index (Phi) is 6.78. The number of benzene rings is 3. The van der Waals surface area contributed by atoms with E-state index in [1.165, 1.54) is 26.0 Å². The maximum atomic E-state index is 12.0. The number of phenolic OH excluding ortho intramolecular Hbond substituents is 2. The molecule has 0 amide bonds. The van der Waals surface area contributed by atoms with Crippen LogP contribution in [0.15, 0.2) is 64.5 Å². The Labute approximate surface area is 207 Å². The topological polar surface area (TPSA) is 226 Å². The third kappa shape index (κ3) is 5.14. The van der Waals surface area contributed by atoms with E-state index in [0.717, 1.165) is 18.2 Å². The number of aliphatic imine (C=N–C) groups is 1. The van der Waals surface area contributed by atoms with Gasteiger partial charge in [0.25, 0.3) is 0 Å². The minimum atomic E-state index is -4.15. The number of aromatic hydroxyl groups is 2. The zero-order chi connectivity index (χ0) is 27.0. The van der Waals surface area contributed by atoms with E-state index in [1.807, 2.05) is 0 Å². The minimum absolute atomic E-state index is 0.0483. The van der Waals surface area contributed by atoms with Crippen molar-refractivity contribution in [1.82, 2.24) is 0 Å². The van der Waals surface area contributed by atoms with E-state index in [2.05, 4.69) is 4.99 Å². The van der Waals surface area contributed by atoms with Crippen LogP contribution in [0.5, 0.6) is 11.5 Å². The molecule has 188 valence electrons. The number of hydrogen-bond donors (Lipinski definition) is 7. The lowest BCUT2D eigenvalue weighted by atomic mass is 9.81. The van der Waals surface area contributed by atoms with Gasteiger partial charge in [-0.1, -0.05) is 0 Å². The lowest BCUT2D eigenvalue weighted by molar-refractivity contribution is -0.142. The van der Waals surface area contributed by atoms with Crippen LogP contribution in [-0.4, -0.2) is 41.4 Å². The molecule has 0 radical (unpaired) electrons. The third-order valence-electron chi connectivity index (χ3n) is 5.66. The maximum Gasteiger partial charge on any atom is 0.313 e. The molecule has 12 heteroatoms. The van der Waals surface area contributed by atoms with Crippen molar-refractivity contribution >= 4 is 33.4 Å². The smallest absolute Gasteiger partial charge is 0.313 e. The van der Waals surface area contributed by atoms with Crippen molar-refractivity contribution in [2.45, 2.75) is 24.2 Å². The molecule has 0 bridgehead atoms. The number of nitrogens with two attached hydrogens (primary N) is 3. The van der Waals surface area contributed by atoms with E-state index < -0.39 is 27.2 Å². The van der Waals surface area contributed by atoms with E-state index in [0.29, 0.717) is 11.3 Å². The van der Waals surface area contributed by atoms with Crippen molar-refractivity contribution < 1.29 is 28.5 Å². The molecule has 0 heterocycles.